The van der Waals surface area contributed by atoms with E-state index >= 15 is 0 Å². The summed E-state index contributed by atoms with van der Waals surface area (Å²) in [4.78, 5) is 24.1. The fraction of sp³-hybridized carbons (Fsp3) is 0.429. The topological polar surface area (TPSA) is 46.6 Å². The van der Waals surface area contributed by atoms with Gasteiger partial charge in [0.1, 0.15) is 5.78 Å². The first kappa shape index (κ1) is 12.8. The average Bonchev–Trinajstić information content (AvgIpc) is 2.38. The van der Waals surface area contributed by atoms with Crippen LogP contribution in [0, 0.1) is 0 Å². The van der Waals surface area contributed by atoms with Gasteiger partial charge in [0, 0.05) is 31.0 Å². The highest BCUT2D eigenvalue weighted by Gasteiger charge is 2.31. The van der Waals surface area contributed by atoms with Gasteiger partial charge in [-0.25, -0.2) is 0 Å². The molecule has 4 heteroatoms. The second-order valence-electron chi connectivity index (χ2n) is 4.57. The van der Waals surface area contributed by atoms with E-state index in [0.29, 0.717) is 25.9 Å². The van der Waals surface area contributed by atoms with Gasteiger partial charge in [-0.05, 0) is 6.92 Å². The maximum absolute atomic E-state index is 11.4. The molecule has 1 fully saturated rings. The fourth-order valence-electron chi connectivity index (χ4n) is 2.39. The number of hydrogen-bond donors (Lipinski definition) is 0. The SMILES string of the molecule is CC1CC(=O)CCN1C(OC=O)c1ccccc1. The molecule has 4 nitrogen and oxygen atoms in total. The van der Waals surface area contributed by atoms with Crippen molar-refractivity contribution in [3.8, 4) is 0 Å². The molecule has 0 aliphatic carbocycles. The Kier molecular flexibility index (Phi) is 4.10. The molecule has 1 aromatic rings. The largest absolute Gasteiger partial charge is 0.444 e. The number of ketones is 1. The zero-order chi connectivity index (χ0) is 13.0. The van der Waals surface area contributed by atoms with Gasteiger partial charge in [-0.15, -0.1) is 0 Å². The third-order valence-electron chi connectivity index (χ3n) is 3.31. The first-order chi connectivity index (χ1) is 8.72. The molecule has 0 radical (unpaired) electrons. The monoisotopic (exact) mass is 247 g/mol. The van der Waals surface area contributed by atoms with E-state index in [1.807, 2.05) is 37.3 Å². The van der Waals surface area contributed by atoms with Crippen molar-refractivity contribution < 1.29 is 14.3 Å². The predicted octanol–water partition coefficient (Wildman–Crippen LogP) is 1.91. The van der Waals surface area contributed by atoms with Crippen molar-refractivity contribution in [3.05, 3.63) is 35.9 Å². The second-order valence-corrected chi connectivity index (χ2v) is 4.57. The highest BCUT2D eigenvalue weighted by Crippen LogP contribution is 2.27. The van der Waals surface area contributed by atoms with Gasteiger partial charge in [0.2, 0.25) is 0 Å². The minimum Gasteiger partial charge on any atom is -0.444 e. The van der Waals surface area contributed by atoms with Crippen LogP contribution in [0.4, 0.5) is 0 Å². The molecular formula is C14H17NO3. The summed E-state index contributed by atoms with van der Waals surface area (Å²) in [5.74, 6) is 0.275. The summed E-state index contributed by atoms with van der Waals surface area (Å²) in [6.45, 7) is 3.09. The molecule has 0 bridgehead atoms. The quantitative estimate of drug-likeness (QED) is 0.762. The van der Waals surface area contributed by atoms with Crippen LogP contribution >= 0.6 is 0 Å². The highest BCUT2D eigenvalue weighted by atomic mass is 16.5. The van der Waals surface area contributed by atoms with E-state index in [1.165, 1.54) is 0 Å². The number of likely N-dealkylation sites (tertiary alicyclic amines) is 1. The van der Waals surface area contributed by atoms with Crippen molar-refractivity contribution in [2.24, 2.45) is 0 Å². The number of carbonyl (C=O) groups excluding carboxylic acids is 2. The lowest BCUT2D eigenvalue weighted by Crippen LogP contribution is -2.44. The number of rotatable bonds is 4. The lowest BCUT2D eigenvalue weighted by Gasteiger charge is -2.37. The molecule has 96 valence electrons. The van der Waals surface area contributed by atoms with Gasteiger partial charge in [0.05, 0.1) is 0 Å². The number of ether oxygens (including phenoxy) is 1. The molecule has 0 spiro atoms. The fourth-order valence-corrected chi connectivity index (χ4v) is 2.39. The number of Topliss-reactive ketones (excluding diaryl/α,β-unsaturated/α-hetero) is 1. The standard InChI is InChI=1S/C14H17NO3/c1-11-9-13(17)7-8-15(11)14(18-10-16)12-5-3-2-4-6-12/h2-6,10-11,14H,7-9H2,1H3. The van der Waals surface area contributed by atoms with E-state index < -0.39 is 6.23 Å². The van der Waals surface area contributed by atoms with Gasteiger partial charge >= 0.3 is 0 Å². The molecule has 0 amide bonds. The molecule has 0 aromatic heterocycles. The maximum Gasteiger partial charge on any atom is 0.294 e. The zero-order valence-electron chi connectivity index (χ0n) is 10.4. The average molecular weight is 247 g/mol. The molecule has 2 unspecified atom stereocenters. The summed E-state index contributed by atoms with van der Waals surface area (Å²) >= 11 is 0. The number of hydrogen-bond acceptors (Lipinski definition) is 4. The summed E-state index contributed by atoms with van der Waals surface area (Å²) in [5.41, 5.74) is 0.936. The van der Waals surface area contributed by atoms with Crippen LogP contribution < -0.4 is 0 Å². The maximum atomic E-state index is 11.4. The van der Waals surface area contributed by atoms with Crippen LogP contribution in [0.2, 0.25) is 0 Å². The van der Waals surface area contributed by atoms with Crippen molar-refractivity contribution in [1.29, 1.82) is 0 Å². The van der Waals surface area contributed by atoms with E-state index in [0.717, 1.165) is 5.56 Å². The molecule has 18 heavy (non-hydrogen) atoms. The van der Waals surface area contributed by atoms with Gasteiger partial charge in [-0.2, -0.15) is 0 Å². The van der Waals surface area contributed by atoms with Gasteiger partial charge in [-0.1, -0.05) is 30.3 Å². The molecule has 2 rings (SSSR count). The van der Waals surface area contributed by atoms with E-state index in [9.17, 15) is 9.59 Å². The molecule has 0 saturated carbocycles. The third-order valence-corrected chi connectivity index (χ3v) is 3.31. The lowest BCUT2D eigenvalue weighted by molar-refractivity contribution is -0.150. The second kappa shape index (κ2) is 5.78. The van der Waals surface area contributed by atoms with Crippen molar-refractivity contribution in [1.82, 2.24) is 4.90 Å². The number of piperidine rings is 1. The first-order valence-corrected chi connectivity index (χ1v) is 6.14. The van der Waals surface area contributed by atoms with Crippen molar-refractivity contribution in [3.63, 3.8) is 0 Å². The summed E-state index contributed by atoms with van der Waals surface area (Å²) < 4.78 is 5.21. The van der Waals surface area contributed by atoms with Crippen LogP contribution in [0.15, 0.2) is 30.3 Å². The Morgan fingerprint density at radius 2 is 2.11 bits per heavy atom. The smallest absolute Gasteiger partial charge is 0.294 e. The summed E-state index contributed by atoms with van der Waals surface area (Å²) in [7, 11) is 0. The molecule has 1 aliphatic heterocycles. The van der Waals surface area contributed by atoms with Crippen LogP contribution in [0.1, 0.15) is 31.6 Å². The Hall–Kier alpha value is -1.68. The van der Waals surface area contributed by atoms with Crippen LogP contribution in [-0.4, -0.2) is 29.7 Å². The molecule has 1 saturated heterocycles. The van der Waals surface area contributed by atoms with Crippen molar-refractivity contribution in [2.75, 3.05) is 6.54 Å². The summed E-state index contributed by atoms with van der Waals surface area (Å²) in [6, 6.07) is 9.70. The minimum absolute atomic E-state index is 0.0939. The zero-order valence-corrected chi connectivity index (χ0v) is 10.4. The Labute approximate surface area is 107 Å². The van der Waals surface area contributed by atoms with Crippen LogP contribution in [0.3, 0.4) is 0 Å². The third kappa shape index (κ3) is 2.76. The van der Waals surface area contributed by atoms with Crippen LogP contribution in [-0.2, 0) is 14.3 Å². The Morgan fingerprint density at radius 3 is 2.72 bits per heavy atom. The molecule has 2 atom stereocenters. The van der Waals surface area contributed by atoms with Crippen molar-refractivity contribution in [2.45, 2.75) is 32.0 Å². The molecular weight excluding hydrogens is 230 g/mol. The Balaban J connectivity index is 2.20. The van der Waals surface area contributed by atoms with Crippen LogP contribution in [0.5, 0.6) is 0 Å². The normalized spacial score (nSPS) is 22.5. The first-order valence-electron chi connectivity index (χ1n) is 6.14. The Bertz CT molecular complexity index is 418. The van der Waals surface area contributed by atoms with Crippen LogP contribution in [0.25, 0.3) is 0 Å². The van der Waals surface area contributed by atoms with E-state index in [2.05, 4.69) is 4.90 Å². The lowest BCUT2D eigenvalue weighted by atomic mass is 10.0. The van der Waals surface area contributed by atoms with E-state index in [4.69, 9.17) is 4.74 Å². The predicted molar refractivity (Wildman–Crippen MR) is 66.7 cm³/mol. The molecule has 1 heterocycles. The molecule has 1 aliphatic rings. The summed E-state index contributed by atoms with van der Waals surface area (Å²) in [5, 5.41) is 0. The van der Waals surface area contributed by atoms with E-state index in [1.54, 1.807) is 0 Å². The summed E-state index contributed by atoms with van der Waals surface area (Å²) in [6.07, 6.45) is 0.647. The van der Waals surface area contributed by atoms with Crippen molar-refractivity contribution >= 4 is 12.3 Å². The number of nitrogens with zero attached hydrogens (tertiary/aromatic N) is 1. The molecule has 1 aromatic carbocycles. The van der Waals surface area contributed by atoms with Gasteiger partial charge in [0.15, 0.2) is 6.23 Å². The van der Waals surface area contributed by atoms with Gasteiger partial charge in [-0.3, -0.25) is 14.5 Å². The minimum atomic E-state index is -0.396. The Morgan fingerprint density at radius 1 is 1.39 bits per heavy atom. The highest BCUT2D eigenvalue weighted by molar-refractivity contribution is 5.79. The molecule has 0 N–H and O–H groups in total. The van der Waals surface area contributed by atoms with Gasteiger partial charge in [0.25, 0.3) is 6.47 Å². The van der Waals surface area contributed by atoms with Gasteiger partial charge < -0.3 is 4.74 Å². The number of carbonyl (C=O) groups is 2. The van der Waals surface area contributed by atoms with E-state index in [-0.39, 0.29) is 11.8 Å². The number of benzene rings is 1.